The van der Waals surface area contributed by atoms with E-state index in [2.05, 4.69) is 61.3 Å². The number of rotatable bonds is 4. The van der Waals surface area contributed by atoms with Crippen molar-refractivity contribution in [2.24, 2.45) is 5.92 Å². The van der Waals surface area contributed by atoms with Crippen LogP contribution in [0.25, 0.3) is 0 Å². The van der Waals surface area contributed by atoms with Gasteiger partial charge in [-0.15, -0.1) is 0 Å². The predicted molar refractivity (Wildman–Crippen MR) is 82.2 cm³/mol. The molecule has 0 spiro atoms. The Hall–Kier alpha value is -0.860. The Bertz CT molecular complexity index is 359. The molecule has 0 atom stereocenters. The number of nitrogens with zero attached hydrogens (tertiary/aromatic N) is 1. The average Bonchev–Trinajstić information content (AvgIpc) is 2.38. The zero-order valence-electron chi connectivity index (χ0n) is 12.7. The molecule has 1 aliphatic rings. The largest absolute Gasteiger partial charge is 0.312 e. The summed E-state index contributed by atoms with van der Waals surface area (Å²) in [6.45, 7) is 11.5. The monoisotopic (exact) mass is 260 g/mol. The van der Waals surface area contributed by atoms with E-state index >= 15 is 0 Å². The van der Waals surface area contributed by atoms with Gasteiger partial charge in [0.25, 0.3) is 0 Å². The lowest BCUT2D eigenvalue weighted by atomic mass is 9.95. The molecular formula is C17H28N2. The normalized spacial score (nSPS) is 18.7. The second kappa shape index (κ2) is 6.53. The standard InChI is InChI=1S/C17H28N2/c1-17(2,3)18-13-15-9-11-19(12-10-15)14-16-7-5-4-6-8-16/h4-8,15,18H,9-14H2,1-3H3. The Morgan fingerprint density at radius 2 is 1.74 bits per heavy atom. The van der Waals surface area contributed by atoms with Crippen molar-refractivity contribution in [2.45, 2.75) is 45.7 Å². The predicted octanol–water partition coefficient (Wildman–Crippen LogP) is 3.29. The van der Waals surface area contributed by atoms with Gasteiger partial charge in [-0.1, -0.05) is 30.3 Å². The molecule has 1 aromatic carbocycles. The molecule has 1 aliphatic heterocycles. The third kappa shape index (κ3) is 5.33. The molecule has 2 rings (SSSR count). The van der Waals surface area contributed by atoms with Gasteiger partial charge in [-0.2, -0.15) is 0 Å². The fourth-order valence-electron chi connectivity index (χ4n) is 2.64. The van der Waals surface area contributed by atoms with Gasteiger partial charge in [-0.05, 0) is 64.7 Å². The number of nitrogens with one attached hydrogen (secondary N) is 1. The van der Waals surface area contributed by atoms with Crippen LogP contribution in [0.3, 0.4) is 0 Å². The van der Waals surface area contributed by atoms with E-state index in [1.807, 2.05) is 0 Å². The molecule has 0 radical (unpaired) electrons. The van der Waals surface area contributed by atoms with Gasteiger partial charge in [0.1, 0.15) is 0 Å². The average molecular weight is 260 g/mol. The fraction of sp³-hybridized carbons (Fsp3) is 0.647. The van der Waals surface area contributed by atoms with Crippen molar-refractivity contribution in [1.82, 2.24) is 10.2 Å². The van der Waals surface area contributed by atoms with E-state index < -0.39 is 0 Å². The Kier molecular flexibility index (Phi) is 5.00. The molecule has 0 aromatic heterocycles. The smallest absolute Gasteiger partial charge is 0.0233 e. The van der Waals surface area contributed by atoms with E-state index in [-0.39, 0.29) is 5.54 Å². The Morgan fingerprint density at radius 1 is 1.11 bits per heavy atom. The first-order valence-corrected chi connectivity index (χ1v) is 7.54. The second-order valence-electron chi connectivity index (χ2n) is 6.84. The minimum atomic E-state index is 0.251. The van der Waals surface area contributed by atoms with Crippen LogP contribution in [0.4, 0.5) is 0 Å². The van der Waals surface area contributed by atoms with Crippen LogP contribution in [0, 0.1) is 5.92 Å². The van der Waals surface area contributed by atoms with E-state index in [0.29, 0.717) is 0 Å². The Labute approximate surface area is 118 Å². The van der Waals surface area contributed by atoms with Crippen LogP contribution in [0.2, 0.25) is 0 Å². The molecule has 0 saturated carbocycles. The first-order valence-electron chi connectivity index (χ1n) is 7.54. The molecule has 1 saturated heterocycles. The summed E-state index contributed by atoms with van der Waals surface area (Å²) in [5.74, 6) is 0.853. The first kappa shape index (κ1) is 14.5. The van der Waals surface area contributed by atoms with Crippen molar-refractivity contribution in [2.75, 3.05) is 19.6 Å². The molecule has 19 heavy (non-hydrogen) atoms. The highest BCUT2D eigenvalue weighted by atomic mass is 15.1. The summed E-state index contributed by atoms with van der Waals surface area (Å²) in [5, 5.41) is 3.64. The minimum absolute atomic E-state index is 0.251. The number of hydrogen-bond donors (Lipinski definition) is 1. The molecular weight excluding hydrogens is 232 g/mol. The van der Waals surface area contributed by atoms with Crippen LogP contribution in [0.5, 0.6) is 0 Å². The highest BCUT2D eigenvalue weighted by molar-refractivity contribution is 5.14. The molecule has 1 fully saturated rings. The van der Waals surface area contributed by atoms with Gasteiger partial charge in [-0.3, -0.25) is 4.90 Å². The summed E-state index contributed by atoms with van der Waals surface area (Å²) in [4.78, 5) is 2.59. The van der Waals surface area contributed by atoms with E-state index in [9.17, 15) is 0 Å². The van der Waals surface area contributed by atoms with Gasteiger partial charge >= 0.3 is 0 Å². The quantitative estimate of drug-likeness (QED) is 0.893. The van der Waals surface area contributed by atoms with Crippen LogP contribution >= 0.6 is 0 Å². The summed E-state index contributed by atoms with van der Waals surface area (Å²) in [7, 11) is 0. The fourth-order valence-corrected chi connectivity index (χ4v) is 2.64. The SMILES string of the molecule is CC(C)(C)NCC1CCN(Cc2ccccc2)CC1. The maximum Gasteiger partial charge on any atom is 0.0233 e. The lowest BCUT2D eigenvalue weighted by Crippen LogP contribution is -2.42. The van der Waals surface area contributed by atoms with Gasteiger partial charge in [0.2, 0.25) is 0 Å². The van der Waals surface area contributed by atoms with Crippen molar-refractivity contribution in [1.29, 1.82) is 0 Å². The number of benzene rings is 1. The van der Waals surface area contributed by atoms with E-state index in [1.54, 1.807) is 0 Å². The molecule has 2 nitrogen and oxygen atoms in total. The van der Waals surface area contributed by atoms with Crippen molar-refractivity contribution >= 4 is 0 Å². The van der Waals surface area contributed by atoms with E-state index in [4.69, 9.17) is 0 Å². The first-order chi connectivity index (χ1) is 9.03. The van der Waals surface area contributed by atoms with Crippen LogP contribution in [-0.2, 0) is 6.54 Å². The molecule has 1 heterocycles. The van der Waals surface area contributed by atoms with E-state index in [1.165, 1.54) is 38.0 Å². The third-order valence-electron chi connectivity index (χ3n) is 3.88. The summed E-state index contributed by atoms with van der Waals surface area (Å²) < 4.78 is 0. The van der Waals surface area contributed by atoms with Crippen molar-refractivity contribution in [3.05, 3.63) is 35.9 Å². The molecule has 0 bridgehead atoms. The molecule has 0 aliphatic carbocycles. The van der Waals surface area contributed by atoms with Crippen LogP contribution in [0.1, 0.15) is 39.2 Å². The minimum Gasteiger partial charge on any atom is -0.312 e. The Morgan fingerprint density at radius 3 is 2.32 bits per heavy atom. The highest BCUT2D eigenvalue weighted by Crippen LogP contribution is 2.19. The van der Waals surface area contributed by atoms with Gasteiger partial charge < -0.3 is 5.32 Å². The van der Waals surface area contributed by atoms with Gasteiger partial charge in [0, 0.05) is 12.1 Å². The van der Waals surface area contributed by atoms with Crippen molar-refractivity contribution in [3.8, 4) is 0 Å². The summed E-state index contributed by atoms with van der Waals surface area (Å²) in [6, 6.07) is 10.8. The van der Waals surface area contributed by atoms with Crippen molar-refractivity contribution < 1.29 is 0 Å². The third-order valence-corrected chi connectivity index (χ3v) is 3.88. The topological polar surface area (TPSA) is 15.3 Å². The molecule has 0 unspecified atom stereocenters. The number of piperidine rings is 1. The maximum absolute atomic E-state index is 3.64. The lowest BCUT2D eigenvalue weighted by Gasteiger charge is -2.33. The molecule has 1 aromatic rings. The van der Waals surface area contributed by atoms with E-state index in [0.717, 1.165) is 12.5 Å². The summed E-state index contributed by atoms with van der Waals surface area (Å²) in [6.07, 6.45) is 2.66. The van der Waals surface area contributed by atoms with Gasteiger partial charge in [0.05, 0.1) is 0 Å². The summed E-state index contributed by atoms with van der Waals surface area (Å²) >= 11 is 0. The van der Waals surface area contributed by atoms with Crippen LogP contribution in [0.15, 0.2) is 30.3 Å². The lowest BCUT2D eigenvalue weighted by molar-refractivity contribution is 0.170. The van der Waals surface area contributed by atoms with Gasteiger partial charge in [-0.25, -0.2) is 0 Å². The summed E-state index contributed by atoms with van der Waals surface area (Å²) in [5.41, 5.74) is 1.69. The molecule has 2 heteroatoms. The molecule has 106 valence electrons. The Balaban J connectivity index is 1.71. The van der Waals surface area contributed by atoms with Crippen LogP contribution < -0.4 is 5.32 Å². The molecule has 0 amide bonds. The van der Waals surface area contributed by atoms with Crippen LogP contribution in [-0.4, -0.2) is 30.1 Å². The number of likely N-dealkylation sites (tertiary alicyclic amines) is 1. The van der Waals surface area contributed by atoms with Gasteiger partial charge in [0.15, 0.2) is 0 Å². The maximum atomic E-state index is 3.64. The zero-order chi connectivity index (χ0) is 13.7. The zero-order valence-corrected chi connectivity index (χ0v) is 12.7. The van der Waals surface area contributed by atoms with Crippen molar-refractivity contribution in [3.63, 3.8) is 0 Å². The second-order valence-corrected chi connectivity index (χ2v) is 6.84. The molecule has 1 N–H and O–H groups in total. The number of hydrogen-bond acceptors (Lipinski definition) is 2. The highest BCUT2D eigenvalue weighted by Gasteiger charge is 2.20.